The van der Waals surface area contributed by atoms with Crippen LogP contribution in [0.2, 0.25) is 15.1 Å². The van der Waals surface area contributed by atoms with Crippen LogP contribution in [0.1, 0.15) is 34.2 Å². The zero-order chi connectivity index (χ0) is 23.5. The van der Waals surface area contributed by atoms with Crippen molar-refractivity contribution in [3.63, 3.8) is 0 Å². The molecule has 1 heterocycles. The van der Waals surface area contributed by atoms with Gasteiger partial charge in [-0.05, 0) is 73.5 Å². The predicted molar refractivity (Wildman–Crippen MR) is 138 cm³/mol. The second-order valence-corrected chi connectivity index (χ2v) is 8.81. The highest BCUT2D eigenvalue weighted by Crippen LogP contribution is 2.31. The van der Waals surface area contributed by atoms with Crippen molar-refractivity contribution in [2.75, 3.05) is 5.32 Å². The molecular formula is C26H20Cl3N3O. The number of anilines is 1. The molecular weight excluding hydrogens is 477 g/mol. The summed E-state index contributed by atoms with van der Waals surface area (Å²) in [5.41, 5.74) is 5.01. The minimum atomic E-state index is -0.303. The van der Waals surface area contributed by atoms with Crippen molar-refractivity contribution in [3.8, 4) is 5.69 Å². The molecule has 0 unspecified atom stereocenters. The van der Waals surface area contributed by atoms with Gasteiger partial charge in [-0.15, -0.1) is 0 Å². The lowest BCUT2D eigenvalue weighted by atomic mass is 10.0. The van der Waals surface area contributed by atoms with Crippen LogP contribution in [0.15, 0.2) is 72.8 Å². The van der Waals surface area contributed by atoms with Crippen LogP contribution >= 0.6 is 34.8 Å². The summed E-state index contributed by atoms with van der Waals surface area (Å²) >= 11 is 18.6. The molecule has 1 amide bonds. The summed E-state index contributed by atoms with van der Waals surface area (Å²) in [6.07, 6.45) is 2.01. The van der Waals surface area contributed by atoms with Crippen LogP contribution in [0.5, 0.6) is 0 Å². The molecule has 0 spiro atoms. The molecule has 3 aromatic carbocycles. The van der Waals surface area contributed by atoms with Gasteiger partial charge < -0.3 is 5.32 Å². The normalized spacial score (nSPS) is 11.5. The summed E-state index contributed by atoms with van der Waals surface area (Å²) in [6, 6.07) is 22.0. The molecule has 0 radical (unpaired) electrons. The summed E-state index contributed by atoms with van der Waals surface area (Å²) in [4.78, 5) is 13.1. The first-order valence-corrected chi connectivity index (χ1v) is 11.3. The zero-order valence-corrected chi connectivity index (χ0v) is 20.2. The fraction of sp³-hybridized carbons (Fsp3) is 0.0769. The number of amides is 1. The topological polar surface area (TPSA) is 46.9 Å². The summed E-state index contributed by atoms with van der Waals surface area (Å²) in [5.74, 6) is -0.303. The van der Waals surface area contributed by atoms with Gasteiger partial charge in [-0.1, -0.05) is 65.1 Å². The molecule has 1 aromatic heterocycles. The van der Waals surface area contributed by atoms with Crippen molar-refractivity contribution >= 4 is 58.0 Å². The fourth-order valence-corrected chi connectivity index (χ4v) is 4.21. The van der Waals surface area contributed by atoms with Gasteiger partial charge in [0, 0.05) is 21.3 Å². The third-order valence-corrected chi connectivity index (χ3v) is 5.92. The maximum Gasteiger partial charge on any atom is 0.276 e. The number of hydrogen-bond acceptors (Lipinski definition) is 2. The largest absolute Gasteiger partial charge is 0.321 e. The highest BCUT2D eigenvalue weighted by molar-refractivity contribution is 6.35. The van der Waals surface area contributed by atoms with E-state index in [0.717, 1.165) is 22.4 Å². The molecule has 0 fully saturated rings. The number of nitrogens with zero attached hydrogens (tertiary/aromatic N) is 2. The standard InChI is InChI=1S/C26H20Cl3N3O/c1-16(14-18-8-10-19(27)11-9-18)25-17(2)24(26(33)30-21-6-4-3-5-7-21)31-32(25)23-13-12-20(28)15-22(23)29/h3-15H,1-2H3,(H,30,33)/b16-14+. The molecule has 4 nitrogen and oxygen atoms in total. The summed E-state index contributed by atoms with van der Waals surface area (Å²) in [5, 5.41) is 9.18. The lowest BCUT2D eigenvalue weighted by Gasteiger charge is -2.11. The van der Waals surface area contributed by atoms with Crippen molar-refractivity contribution in [2.45, 2.75) is 13.8 Å². The first-order valence-electron chi connectivity index (χ1n) is 10.2. The smallest absolute Gasteiger partial charge is 0.276 e. The SMILES string of the molecule is C/C(=C\c1ccc(Cl)cc1)c1c(C)c(C(=O)Nc2ccccc2)nn1-c1ccc(Cl)cc1Cl. The quantitative estimate of drug-likeness (QED) is 0.305. The second kappa shape index (κ2) is 9.84. The molecule has 0 aliphatic rings. The van der Waals surface area contributed by atoms with Crippen LogP contribution in [0, 0.1) is 6.92 Å². The van der Waals surface area contributed by atoms with Gasteiger partial charge in [0.05, 0.1) is 16.4 Å². The Balaban J connectivity index is 1.84. The van der Waals surface area contributed by atoms with E-state index in [9.17, 15) is 4.79 Å². The van der Waals surface area contributed by atoms with Crippen molar-refractivity contribution in [3.05, 3.63) is 110 Å². The van der Waals surface area contributed by atoms with E-state index >= 15 is 0 Å². The van der Waals surface area contributed by atoms with Gasteiger partial charge in [0.2, 0.25) is 0 Å². The number of allylic oxidation sites excluding steroid dienone is 1. The van der Waals surface area contributed by atoms with Gasteiger partial charge in [0.25, 0.3) is 5.91 Å². The number of halogens is 3. The molecule has 0 bridgehead atoms. The molecule has 0 saturated heterocycles. The van der Waals surface area contributed by atoms with Crippen LogP contribution < -0.4 is 5.32 Å². The molecule has 4 aromatic rings. The molecule has 1 N–H and O–H groups in total. The number of aromatic nitrogens is 2. The number of carbonyl (C=O) groups is 1. The van der Waals surface area contributed by atoms with E-state index in [1.165, 1.54) is 0 Å². The van der Waals surface area contributed by atoms with E-state index in [1.807, 2.05) is 74.5 Å². The predicted octanol–water partition coefficient (Wildman–Crippen LogP) is 7.95. The lowest BCUT2D eigenvalue weighted by molar-refractivity contribution is 0.102. The van der Waals surface area contributed by atoms with E-state index in [2.05, 4.69) is 10.4 Å². The van der Waals surface area contributed by atoms with Crippen molar-refractivity contribution in [1.82, 2.24) is 9.78 Å². The molecule has 7 heteroatoms. The van der Waals surface area contributed by atoms with Gasteiger partial charge >= 0.3 is 0 Å². The van der Waals surface area contributed by atoms with E-state index in [-0.39, 0.29) is 5.91 Å². The Morgan fingerprint density at radius 3 is 2.27 bits per heavy atom. The maximum absolute atomic E-state index is 13.1. The van der Waals surface area contributed by atoms with Gasteiger partial charge in [0.15, 0.2) is 5.69 Å². The molecule has 0 atom stereocenters. The Labute approximate surface area is 207 Å². The second-order valence-electron chi connectivity index (χ2n) is 7.53. The van der Waals surface area contributed by atoms with E-state index in [0.29, 0.717) is 32.1 Å². The zero-order valence-electron chi connectivity index (χ0n) is 17.9. The summed E-state index contributed by atoms with van der Waals surface area (Å²) in [7, 11) is 0. The Kier molecular flexibility index (Phi) is 6.89. The van der Waals surface area contributed by atoms with Crippen LogP contribution in [0.3, 0.4) is 0 Å². The van der Waals surface area contributed by atoms with E-state index in [4.69, 9.17) is 34.8 Å². The molecule has 0 aliphatic carbocycles. The van der Waals surface area contributed by atoms with Crippen molar-refractivity contribution < 1.29 is 4.79 Å². The number of hydrogen-bond donors (Lipinski definition) is 1. The Morgan fingerprint density at radius 2 is 1.61 bits per heavy atom. The minimum absolute atomic E-state index is 0.303. The number of para-hydroxylation sites is 1. The van der Waals surface area contributed by atoms with Crippen LogP contribution in [-0.2, 0) is 0 Å². The Morgan fingerprint density at radius 1 is 0.939 bits per heavy atom. The molecule has 4 rings (SSSR count). The molecule has 33 heavy (non-hydrogen) atoms. The first kappa shape index (κ1) is 23.1. The third kappa shape index (κ3) is 5.14. The fourth-order valence-electron chi connectivity index (χ4n) is 3.59. The summed E-state index contributed by atoms with van der Waals surface area (Å²) < 4.78 is 1.69. The molecule has 0 saturated carbocycles. The number of nitrogens with one attached hydrogen (secondary N) is 1. The summed E-state index contributed by atoms with van der Waals surface area (Å²) in [6.45, 7) is 3.85. The average Bonchev–Trinajstić information content (AvgIpc) is 3.13. The Bertz CT molecular complexity index is 1340. The first-order chi connectivity index (χ1) is 15.8. The molecule has 166 valence electrons. The van der Waals surface area contributed by atoms with Gasteiger partial charge in [-0.2, -0.15) is 5.10 Å². The number of carbonyl (C=O) groups excluding carboxylic acids is 1. The third-order valence-electron chi connectivity index (χ3n) is 5.13. The van der Waals surface area contributed by atoms with Crippen LogP contribution in [-0.4, -0.2) is 15.7 Å². The van der Waals surface area contributed by atoms with Gasteiger partial charge in [-0.3, -0.25) is 4.79 Å². The number of rotatable bonds is 5. The van der Waals surface area contributed by atoms with Gasteiger partial charge in [0.1, 0.15) is 0 Å². The van der Waals surface area contributed by atoms with Crippen molar-refractivity contribution in [1.29, 1.82) is 0 Å². The highest BCUT2D eigenvalue weighted by Gasteiger charge is 2.23. The van der Waals surface area contributed by atoms with E-state index < -0.39 is 0 Å². The van der Waals surface area contributed by atoms with Crippen molar-refractivity contribution in [2.24, 2.45) is 0 Å². The van der Waals surface area contributed by atoms with E-state index in [1.54, 1.807) is 22.9 Å². The minimum Gasteiger partial charge on any atom is -0.321 e. The number of benzene rings is 3. The highest BCUT2D eigenvalue weighted by atomic mass is 35.5. The monoisotopic (exact) mass is 495 g/mol. The van der Waals surface area contributed by atoms with Crippen LogP contribution in [0.25, 0.3) is 17.3 Å². The van der Waals surface area contributed by atoms with Crippen LogP contribution in [0.4, 0.5) is 5.69 Å². The Hall–Kier alpha value is -3.05. The van der Waals surface area contributed by atoms with Gasteiger partial charge in [-0.25, -0.2) is 4.68 Å². The molecule has 0 aliphatic heterocycles. The average molecular weight is 497 g/mol. The lowest BCUT2D eigenvalue weighted by Crippen LogP contribution is -2.14. The maximum atomic E-state index is 13.1.